The van der Waals surface area contributed by atoms with Gasteiger partial charge in [0, 0.05) is 12.1 Å². The van der Waals surface area contributed by atoms with Crippen molar-refractivity contribution in [3.8, 4) is 5.75 Å². The predicted octanol–water partition coefficient (Wildman–Crippen LogP) is 3.06. The number of aryl methyl sites for hydroxylation is 1. The Bertz CT molecular complexity index is 850. The summed E-state index contributed by atoms with van der Waals surface area (Å²) in [5, 5.41) is 3.00. The molecule has 2 aliphatic rings. The van der Waals surface area contributed by atoms with E-state index in [2.05, 4.69) is 23.0 Å². The van der Waals surface area contributed by atoms with Gasteiger partial charge in [-0.05, 0) is 83.4 Å². The van der Waals surface area contributed by atoms with Crippen molar-refractivity contribution in [2.75, 3.05) is 19.8 Å². The first-order chi connectivity index (χ1) is 15.3. The third kappa shape index (κ3) is 6.76. The van der Waals surface area contributed by atoms with Crippen molar-refractivity contribution < 1.29 is 22.7 Å². The fourth-order valence-corrected chi connectivity index (χ4v) is 5.61. The summed E-state index contributed by atoms with van der Waals surface area (Å²) in [7, 11) is -3.31. The third-order valence-corrected chi connectivity index (χ3v) is 8.49. The van der Waals surface area contributed by atoms with Crippen molar-refractivity contribution in [3.05, 3.63) is 29.3 Å². The van der Waals surface area contributed by atoms with E-state index in [1.54, 1.807) is 13.8 Å². The molecular weight excluding hydrogens is 428 g/mol. The molecule has 7 nitrogen and oxygen atoms in total. The maximum atomic E-state index is 12.3. The first kappa shape index (κ1) is 25.1. The normalized spacial score (nSPS) is 26.8. The van der Waals surface area contributed by atoms with Gasteiger partial charge in [-0.1, -0.05) is 17.7 Å². The second-order valence-corrected chi connectivity index (χ2v) is 11.6. The molecule has 2 atom stereocenters. The minimum atomic E-state index is -3.31. The highest BCUT2D eigenvalue weighted by atomic mass is 32.2. The van der Waals surface area contributed by atoms with E-state index in [1.165, 1.54) is 11.1 Å². The Kier molecular flexibility index (Phi) is 9.11. The van der Waals surface area contributed by atoms with Gasteiger partial charge >= 0.3 is 0 Å². The van der Waals surface area contributed by atoms with Gasteiger partial charge in [0.25, 0.3) is 0 Å². The van der Waals surface area contributed by atoms with E-state index in [0.717, 1.165) is 57.1 Å². The first-order valence-electron chi connectivity index (χ1n) is 11.8. The van der Waals surface area contributed by atoms with Crippen LogP contribution in [0.25, 0.3) is 0 Å². The van der Waals surface area contributed by atoms with Crippen LogP contribution in [0.4, 0.5) is 0 Å². The van der Waals surface area contributed by atoms with Crippen molar-refractivity contribution >= 4 is 16.3 Å². The standard InChI is InChI=1S/C24H38N2O5S/c1-17(2)32(28,29)26-22-5-4-12-25-23(22)16-31-20-9-7-19(8-10-20)21-15-18(3)6-11-24(21)30-14-13-27/h6,11,13,15,17,19-20,22-23,25-26H,4-5,7-10,12,14,16H2,1-3H3/t19-,20+,22-,23-/m0/s1. The molecule has 0 amide bonds. The van der Waals surface area contributed by atoms with E-state index in [4.69, 9.17) is 9.47 Å². The average molecular weight is 467 g/mol. The van der Waals surface area contributed by atoms with Crippen LogP contribution in [0.3, 0.4) is 0 Å². The van der Waals surface area contributed by atoms with Crippen LogP contribution < -0.4 is 14.8 Å². The van der Waals surface area contributed by atoms with Gasteiger partial charge in [-0.25, -0.2) is 13.1 Å². The zero-order valence-electron chi connectivity index (χ0n) is 19.5. The summed E-state index contributed by atoms with van der Waals surface area (Å²) in [6, 6.07) is 6.01. The molecule has 1 aromatic rings. The fourth-order valence-electron chi connectivity index (χ4n) is 4.64. The molecule has 1 aromatic carbocycles. The van der Waals surface area contributed by atoms with Crippen molar-refractivity contribution in [3.63, 3.8) is 0 Å². The summed E-state index contributed by atoms with van der Waals surface area (Å²) >= 11 is 0. The second kappa shape index (κ2) is 11.6. The van der Waals surface area contributed by atoms with E-state index in [0.29, 0.717) is 12.5 Å². The topological polar surface area (TPSA) is 93.7 Å². The number of aldehydes is 1. The van der Waals surface area contributed by atoms with Gasteiger partial charge in [0.05, 0.1) is 18.0 Å². The molecule has 32 heavy (non-hydrogen) atoms. The van der Waals surface area contributed by atoms with Crippen LogP contribution in [0.5, 0.6) is 5.75 Å². The molecular formula is C24H38N2O5S. The van der Waals surface area contributed by atoms with Crippen LogP contribution in [0, 0.1) is 6.92 Å². The largest absolute Gasteiger partial charge is 0.486 e. The molecule has 180 valence electrons. The molecule has 2 N–H and O–H groups in total. The number of hydrogen-bond donors (Lipinski definition) is 2. The number of sulfonamides is 1. The fraction of sp³-hybridized carbons (Fsp3) is 0.708. The van der Waals surface area contributed by atoms with E-state index in [-0.39, 0.29) is 24.8 Å². The zero-order valence-corrected chi connectivity index (χ0v) is 20.3. The summed E-state index contributed by atoms with van der Waals surface area (Å²) in [6.07, 6.45) is 6.68. The Hall–Kier alpha value is -1.48. The van der Waals surface area contributed by atoms with Gasteiger partial charge in [0.2, 0.25) is 10.0 Å². The summed E-state index contributed by atoms with van der Waals surface area (Å²) in [6.45, 7) is 6.95. The van der Waals surface area contributed by atoms with Gasteiger partial charge in [0.1, 0.15) is 12.4 Å². The molecule has 0 aromatic heterocycles. The highest BCUT2D eigenvalue weighted by molar-refractivity contribution is 7.90. The molecule has 1 aliphatic carbocycles. The van der Waals surface area contributed by atoms with Crippen molar-refractivity contribution in [1.82, 2.24) is 10.0 Å². The van der Waals surface area contributed by atoms with Gasteiger partial charge in [0.15, 0.2) is 6.29 Å². The molecule has 1 heterocycles. The quantitative estimate of drug-likeness (QED) is 0.515. The molecule has 3 rings (SSSR count). The lowest BCUT2D eigenvalue weighted by atomic mass is 9.82. The van der Waals surface area contributed by atoms with Crippen LogP contribution >= 0.6 is 0 Å². The summed E-state index contributed by atoms with van der Waals surface area (Å²) < 4.78 is 39.4. The lowest BCUT2D eigenvalue weighted by molar-refractivity contribution is -0.109. The van der Waals surface area contributed by atoms with E-state index in [1.807, 2.05) is 12.1 Å². The Balaban J connectivity index is 1.53. The monoisotopic (exact) mass is 466 g/mol. The number of rotatable bonds is 10. The molecule has 0 unspecified atom stereocenters. The third-order valence-electron chi connectivity index (χ3n) is 6.62. The second-order valence-electron chi connectivity index (χ2n) is 9.35. The minimum absolute atomic E-state index is 0.00452. The lowest BCUT2D eigenvalue weighted by Gasteiger charge is -2.35. The Morgan fingerprint density at radius 2 is 1.94 bits per heavy atom. The molecule has 0 bridgehead atoms. The SMILES string of the molecule is Cc1ccc(OCC=O)c([C@H]2CC[C@@H](OC[C@@H]3NCCC[C@@H]3NS(=O)(=O)C(C)C)CC2)c1. The number of carbonyl (C=O) groups is 1. The number of ether oxygens (including phenoxy) is 2. The summed E-state index contributed by atoms with van der Waals surface area (Å²) in [4.78, 5) is 10.7. The lowest BCUT2D eigenvalue weighted by Crippen LogP contribution is -2.56. The zero-order chi connectivity index (χ0) is 23.1. The van der Waals surface area contributed by atoms with E-state index in [9.17, 15) is 13.2 Å². The molecule has 0 radical (unpaired) electrons. The van der Waals surface area contributed by atoms with Crippen LogP contribution in [-0.4, -0.2) is 57.9 Å². The maximum Gasteiger partial charge on any atom is 0.214 e. The van der Waals surface area contributed by atoms with Gasteiger partial charge in [-0.2, -0.15) is 0 Å². The molecule has 0 spiro atoms. The number of benzene rings is 1. The Morgan fingerprint density at radius 3 is 2.62 bits per heavy atom. The van der Waals surface area contributed by atoms with Crippen LogP contribution in [0.1, 0.15) is 69.4 Å². The number of nitrogens with one attached hydrogen (secondary N) is 2. The van der Waals surface area contributed by atoms with Gasteiger partial charge < -0.3 is 14.8 Å². The van der Waals surface area contributed by atoms with Crippen LogP contribution in [-0.2, 0) is 19.6 Å². The van der Waals surface area contributed by atoms with E-state index < -0.39 is 15.3 Å². The molecule has 1 aliphatic heterocycles. The molecule has 2 fully saturated rings. The smallest absolute Gasteiger partial charge is 0.214 e. The summed E-state index contributed by atoms with van der Waals surface area (Å²) in [5.41, 5.74) is 2.37. The summed E-state index contributed by atoms with van der Waals surface area (Å²) in [5.74, 6) is 1.20. The van der Waals surface area contributed by atoms with Crippen LogP contribution in [0.15, 0.2) is 18.2 Å². The molecule has 8 heteroatoms. The number of hydrogen-bond acceptors (Lipinski definition) is 6. The highest BCUT2D eigenvalue weighted by Gasteiger charge is 2.31. The Morgan fingerprint density at radius 1 is 1.19 bits per heavy atom. The minimum Gasteiger partial charge on any atom is -0.486 e. The first-order valence-corrected chi connectivity index (χ1v) is 13.4. The van der Waals surface area contributed by atoms with Crippen molar-refractivity contribution in [1.29, 1.82) is 0 Å². The molecule has 1 saturated carbocycles. The van der Waals surface area contributed by atoms with Crippen molar-refractivity contribution in [2.45, 2.75) is 88.7 Å². The highest BCUT2D eigenvalue weighted by Crippen LogP contribution is 2.39. The van der Waals surface area contributed by atoms with Crippen LogP contribution in [0.2, 0.25) is 0 Å². The van der Waals surface area contributed by atoms with Gasteiger partial charge in [-0.15, -0.1) is 0 Å². The average Bonchev–Trinajstić information content (AvgIpc) is 2.77. The van der Waals surface area contributed by atoms with Crippen molar-refractivity contribution in [2.24, 2.45) is 0 Å². The Labute approximate surface area is 192 Å². The van der Waals surface area contributed by atoms with Gasteiger partial charge in [-0.3, -0.25) is 4.79 Å². The maximum absolute atomic E-state index is 12.3. The van der Waals surface area contributed by atoms with E-state index >= 15 is 0 Å². The number of carbonyl (C=O) groups excluding carboxylic acids is 1. The molecule has 1 saturated heterocycles. The number of piperidine rings is 1. The predicted molar refractivity (Wildman–Crippen MR) is 126 cm³/mol.